The van der Waals surface area contributed by atoms with Crippen LogP contribution in [0.25, 0.3) is 0 Å². The van der Waals surface area contributed by atoms with Crippen LogP contribution in [0.1, 0.15) is 271 Å². The van der Waals surface area contributed by atoms with E-state index in [-0.39, 0.29) is 0 Å². The predicted octanol–water partition coefficient (Wildman–Crippen LogP) is 16.2. The van der Waals surface area contributed by atoms with E-state index in [1.54, 1.807) is 5.82 Å². The second kappa shape index (κ2) is 38.4. The summed E-state index contributed by atoms with van der Waals surface area (Å²) >= 11 is 0. The standard InChI is InChI=1S/C47H93N2/c1-4-7-10-13-16-19-22-24-25-26-27-29-32-35-38-41-44-49-46-45-48(43-40-37-34-31-21-18-15-12-9-6-3)47(49)42-39-36-33-30-28-23-20-17-14-11-8-5-2/h45-46H,4-44H2,1-3H3/q+1. The van der Waals surface area contributed by atoms with Crippen molar-refractivity contribution >= 4 is 0 Å². The number of imidazole rings is 1. The Bertz CT molecular complexity index is 751. The van der Waals surface area contributed by atoms with Crippen molar-refractivity contribution in [2.24, 2.45) is 0 Å². The van der Waals surface area contributed by atoms with E-state index < -0.39 is 0 Å². The Labute approximate surface area is 310 Å². The average molecular weight is 686 g/mol. The van der Waals surface area contributed by atoms with E-state index >= 15 is 0 Å². The summed E-state index contributed by atoms with van der Waals surface area (Å²) in [6.45, 7) is 9.41. The molecule has 49 heavy (non-hydrogen) atoms. The highest BCUT2D eigenvalue weighted by atomic mass is 15.1. The molecule has 1 rings (SSSR count). The third-order valence-electron chi connectivity index (χ3n) is 11.3. The molecule has 0 aliphatic carbocycles. The quantitative estimate of drug-likeness (QED) is 0.0479. The van der Waals surface area contributed by atoms with Crippen molar-refractivity contribution in [3.63, 3.8) is 0 Å². The number of aryl methyl sites for hydroxylation is 2. The first-order valence-corrected chi connectivity index (χ1v) is 23.4. The summed E-state index contributed by atoms with van der Waals surface area (Å²) in [4.78, 5) is 0. The van der Waals surface area contributed by atoms with Crippen molar-refractivity contribution in [1.82, 2.24) is 4.57 Å². The Kier molecular flexibility index (Phi) is 36.3. The molecular formula is C47H93N2+. The van der Waals surface area contributed by atoms with E-state index in [9.17, 15) is 0 Å². The normalized spacial score (nSPS) is 11.7. The smallest absolute Gasteiger partial charge is 0.234 e. The van der Waals surface area contributed by atoms with Gasteiger partial charge in [0.25, 0.3) is 5.82 Å². The van der Waals surface area contributed by atoms with Gasteiger partial charge in [-0.2, -0.15) is 0 Å². The second-order valence-corrected chi connectivity index (χ2v) is 16.2. The molecule has 0 radical (unpaired) electrons. The molecule has 0 unspecified atom stereocenters. The van der Waals surface area contributed by atoms with Gasteiger partial charge in [-0.25, -0.2) is 9.13 Å². The highest BCUT2D eigenvalue weighted by molar-refractivity contribution is 4.84. The van der Waals surface area contributed by atoms with Gasteiger partial charge in [-0.3, -0.25) is 0 Å². The fraction of sp³-hybridized carbons (Fsp3) is 0.936. The average Bonchev–Trinajstić information content (AvgIpc) is 3.50. The number of rotatable bonds is 41. The lowest BCUT2D eigenvalue weighted by Crippen LogP contribution is -2.37. The maximum Gasteiger partial charge on any atom is 0.256 e. The van der Waals surface area contributed by atoms with Gasteiger partial charge in [-0.15, -0.1) is 0 Å². The van der Waals surface area contributed by atoms with Crippen molar-refractivity contribution in [3.05, 3.63) is 18.2 Å². The Hall–Kier alpha value is -0.790. The van der Waals surface area contributed by atoms with Gasteiger partial charge in [0.2, 0.25) is 0 Å². The first-order chi connectivity index (χ1) is 24.3. The summed E-state index contributed by atoms with van der Waals surface area (Å²) in [7, 11) is 0. The summed E-state index contributed by atoms with van der Waals surface area (Å²) < 4.78 is 5.30. The van der Waals surface area contributed by atoms with Gasteiger partial charge >= 0.3 is 0 Å². The number of hydrogen-bond acceptors (Lipinski definition) is 0. The highest BCUT2D eigenvalue weighted by Crippen LogP contribution is 2.16. The molecule has 1 aromatic rings. The van der Waals surface area contributed by atoms with Crippen LogP contribution >= 0.6 is 0 Å². The zero-order valence-corrected chi connectivity index (χ0v) is 34.5. The molecule has 2 nitrogen and oxygen atoms in total. The van der Waals surface area contributed by atoms with Crippen LogP contribution in [0.5, 0.6) is 0 Å². The zero-order valence-electron chi connectivity index (χ0n) is 34.5. The van der Waals surface area contributed by atoms with E-state index in [1.165, 1.54) is 264 Å². The van der Waals surface area contributed by atoms with Crippen molar-refractivity contribution in [2.75, 3.05) is 0 Å². The number of unbranched alkanes of at least 4 members (excludes halogenated alkanes) is 35. The van der Waals surface area contributed by atoms with Crippen molar-refractivity contribution in [1.29, 1.82) is 0 Å². The molecule has 0 saturated heterocycles. The SMILES string of the molecule is CCCCCCCCCCCCCCCCCCn1cc[n+](CCCCCCCCCCCC)c1CCCCCCCCCCCCCC. The monoisotopic (exact) mass is 686 g/mol. The van der Waals surface area contributed by atoms with Crippen LogP contribution in [0.4, 0.5) is 0 Å². The summed E-state index contributed by atoms with van der Waals surface area (Å²) in [6.07, 6.45) is 60.8. The van der Waals surface area contributed by atoms with E-state index in [4.69, 9.17) is 0 Å². The molecule has 0 amide bonds. The zero-order chi connectivity index (χ0) is 35.1. The number of aromatic nitrogens is 2. The van der Waals surface area contributed by atoms with Gasteiger partial charge in [0.15, 0.2) is 0 Å². The Morgan fingerprint density at radius 3 is 0.980 bits per heavy atom. The summed E-state index contributed by atoms with van der Waals surface area (Å²) in [6, 6.07) is 0. The third-order valence-corrected chi connectivity index (χ3v) is 11.3. The first-order valence-electron chi connectivity index (χ1n) is 23.4. The minimum atomic E-state index is 1.23. The van der Waals surface area contributed by atoms with E-state index in [1.807, 2.05) is 0 Å². The Morgan fingerprint density at radius 2 is 0.633 bits per heavy atom. The van der Waals surface area contributed by atoms with E-state index in [2.05, 4.69) is 42.3 Å². The van der Waals surface area contributed by atoms with Crippen molar-refractivity contribution in [2.45, 2.75) is 284 Å². The van der Waals surface area contributed by atoms with Crippen LogP contribution in [0, 0.1) is 0 Å². The van der Waals surface area contributed by atoms with Gasteiger partial charge < -0.3 is 0 Å². The highest BCUT2D eigenvalue weighted by Gasteiger charge is 2.16. The minimum Gasteiger partial charge on any atom is -0.234 e. The number of nitrogens with zero attached hydrogens (tertiary/aromatic N) is 2. The van der Waals surface area contributed by atoms with Crippen LogP contribution in [0.3, 0.4) is 0 Å². The van der Waals surface area contributed by atoms with Gasteiger partial charge in [-0.1, -0.05) is 233 Å². The topological polar surface area (TPSA) is 8.81 Å². The molecule has 1 aromatic heterocycles. The lowest BCUT2D eigenvalue weighted by atomic mass is 10.0. The summed E-state index contributed by atoms with van der Waals surface area (Å²) in [5.74, 6) is 1.63. The molecule has 0 bridgehead atoms. The van der Waals surface area contributed by atoms with Crippen LogP contribution in [0.2, 0.25) is 0 Å². The van der Waals surface area contributed by atoms with E-state index in [0.717, 1.165) is 0 Å². The van der Waals surface area contributed by atoms with Gasteiger partial charge in [0, 0.05) is 6.42 Å². The fourth-order valence-corrected chi connectivity index (χ4v) is 7.92. The molecule has 0 aromatic carbocycles. The minimum absolute atomic E-state index is 1.23. The van der Waals surface area contributed by atoms with E-state index in [0.29, 0.717) is 0 Å². The maximum atomic E-state index is 2.65. The van der Waals surface area contributed by atoms with Crippen LogP contribution in [0.15, 0.2) is 12.4 Å². The lowest BCUT2D eigenvalue weighted by molar-refractivity contribution is -0.704. The summed E-state index contributed by atoms with van der Waals surface area (Å²) in [5, 5.41) is 0. The van der Waals surface area contributed by atoms with Crippen LogP contribution in [-0.4, -0.2) is 4.57 Å². The largest absolute Gasteiger partial charge is 0.256 e. The molecule has 290 valence electrons. The molecule has 2 heteroatoms. The molecule has 0 spiro atoms. The maximum absolute atomic E-state index is 2.65. The molecule has 0 aliphatic rings. The molecular weight excluding hydrogens is 593 g/mol. The van der Waals surface area contributed by atoms with Gasteiger partial charge in [0.1, 0.15) is 12.4 Å². The molecule has 1 heterocycles. The lowest BCUT2D eigenvalue weighted by Gasteiger charge is -2.07. The molecule has 0 aliphatic heterocycles. The molecule has 0 atom stereocenters. The number of hydrogen-bond donors (Lipinski definition) is 0. The Balaban J connectivity index is 2.25. The molecule has 0 saturated carbocycles. The first kappa shape index (κ1) is 46.2. The summed E-state index contributed by atoms with van der Waals surface area (Å²) in [5.41, 5.74) is 0. The van der Waals surface area contributed by atoms with Crippen LogP contribution in [-0.2, 0) is 19.5 Å². The Morgan fingerprint density at radius 1 is 0.347 bits per heavy atom. The molecule has 0 fully saturated rings. The van der Waals surface area contributed by atoms with Crippen molar-refractivity contribution in [3.8, 4) is 0 Å². The fourth-order valence-electron chi connectivity index (χ4n) is 7.92. The van der Waals surface area contributed by atoms with Gasteiger partial charge in [-0.05, 0) is 32.1 Å². The van der Waals surface area contributed by atoms with Crippen molar-refractivity contribution < 1.29 is 4.57 Å². The second-order valence-electron chi connectivity index (χ2n) is 16.2. The third kappa shape index (κ3) is 30.5. The van der Waals surface area contributed by atoms with Crippen LogP contribution < -0.4 is 4.57 Å². The molecule has 0 N–H and O–H groups in total. The van der Waals surface area contributed by atoms with Gasteiger partial charge in [0.05, 0.1) is 13.1 Å². The predicted molar refractivity (Wildman–Crippen MR) is 221 cm³/mol.